The molecule has 3 aromatic carbocycles. The van der Waals surface area contributed by atoms with Gasteiger partial charge in [-0.3, -0.25) is 9.98 Å². The molecule has 0 aliphatic heterocycles. The van der Waals surface area contributed by atoms with E-state index in [1.807, 2.05) is 48.5 Å². The highest BCUT2D eigenvalue weighted by Gasteiger charge is 2.07. The van der Waals surface area contributed by atoms with Crippen LogP contribution in [0.25, 0.3) is 0 Å². The largest absolute Gasteiger partial charge is 0.507 e. The molecule has 0 spiro atoms. The minimum absolute atomic E-state index is 0.214. The predicted molar refractivity (Wildman–Crippen MR) is 135 cm³/mol. The second-order valence-electron chi connectivity index (χ2n) is 8.29. The van der Waals surface area contributed by atoms with Crippen LogP contribution in [0.15, 0.2) is 70.6 Å². The first-order valence-corrected chi connectivity index (χ1v) is 11.2. The zero-order chi connectivity index (χ0) is 23.1. The van der Waals surface area contributed by atoms with Crippen molar-refractivity contribution in [3.63, 3.8) is 0 Å². The Balaban J connectivity index is 1.81. The molecule has 0 bridgehead atoms. The minimum Gasteiger partial charge on any atom is -0.507 e. The second-order valence-corrected chi connectivity index (χ2v) is 8.29. The summed E-state index contributed by atoms with van der Waals surface area (Å²) in [6.07, 6.45) is 5.45. The van der Waals surface area contributed by atoms with Crippen LogP contribution in [0.5, 0.6) is 11.5 Å². The lowest BCUT2D eigenvalue weighted by molar-refractivity contribution is 0.473. The van der Waals surface area contributed by atoms with Crippen molar-refractivity contribution in [1.29, 1.82) is 0 Å². The number of hydrogen-bond donors (Lipinski definition) is 2. The zero-order valence-electron chi connectivity index (χ0n) is 19.3. The molecule has 0 radical (unpaired) electrons. The van der Waals surface area contributed by atoms with Gasteiger partial charge in [0.15, 0.2) is 0 Å². The maximum atomic E-state index is 10.2. The Kier molecular flexibility index (Phi) is 7.82. The first-order valence-electron chi connectivity index (χ1n) is 11.2. The molecule has 0 aromatic heterocycles. The molecule has 2 unspecified atom stereocenters. The van der Waals surface area contributed by atoms with Crippen LogP contribution in [0, 0.1) is 0 Å². The van der Waals surface area contributed by atoms with Crippen molar-refractivity contribution in [2.24, 2.45) is 9.98 Å². The molecule has 0 aliphatic rings. The van der Waals surface area contributed by atoms with Gasteiger partial charge in [0.05, 0.1) is 11.4 Å². The van der Waals surface area contributed by atoms with Gasteiger partial charge in [0.1, 0.15) is 11.5 Å². The van der Waals surface area contributed by atoms with Gasteiger partial charge in [-0.25, -0.2) is 0 Å². The third-order valence-corrected chi connectivity index (χ3v) is 6.00. The van der Waals surface area contributed by atoms with Crippen LogP contribution in [0.2, 0.25) is 0 Å². The van der Waals surface area contributed by atoms with Gasteiger partial charge in [0, 0.05) is 23.6 Å². The van der Waals surface area contributed by atoms with E-state index in [1.165, 1.54) is 11.1 Å². The van der Waals surface area contributed by atoms with E-state index in [-0.39, 0.29) is 11.5 Å². The van der Waals surface area contributed by atoms with Gasteiger partial charge in [-0.15, -0.1) is 0 Å². The van der Waals surface area contributed by atoms with Crippen LogP contribution in [0.3, 0.4) is 0 Å². The third kappa shape index (κ3) is 5.85. The molecule has 0 aliphatic carbocycles. The number of aliphatic imine (C=N–C) groups is 2. The van der Waals surface area contributed by atoms with Crippen LogP contribution >= 0.6 is 0 Å². The standard InChI is InChI=1S/C28H32N2O2/c1-5-19(3)21-10-12-27(31)23(14-21)17-29-25-8-7-9-26(16-25)30-18-24-15-22(20(4)6-2)11-13-28(24)32/h7-20,31-32H,5-6H2,1-4H3. The predicted octanol–water partition coefficient (Wildman–Crippen LogP) is 7.63. The summed E-state index contributed by atoms with van der Waals surface area (Å²) in [5, 5.41) is 20.4. The van der Waals surface area contributed by atoms with Gasteiger partial charge in [-0.2, -0.15) is 0 Å². The quantitative estimate of drug-likeness (QED) is 0.362. The first kappa shape index (κ1) is 23.3. The fourth-order valence-electron chi connectivity index (χ4n) is 3.38. The van der Waals surface area contributed by atoms with Crippen LogP contribution in [0.1, 0.15) is 74.6 Å². The van der Waals surface area contributed by atoms with E-state index in [9.17, 15) is 10.2 Å². The number of nitrogens with zero attached hydrogens (tertiary/aromatic N) is 2. The van der Waals surface area contributed by atoms with Crippen molar-refractivity contribution in [2.45, 2.75) is 52.4 Å². The Hall–Kier alpha value is -3.40. The number of benzene rings is 3. The lowest BCUT2D eigenvalue weighted by Crippen LogP contribution is -1.93. The molecule has 0 heterocycles. The summed E-state index contributed by atoms with van der Waals surface area (Å²) in [6.45, 7) is 8.64. The average Bonchev–Trinajstić information content (AvgIpc) is 2.82. The molecule has 3 rings (SSSR count). The van der Waals surface area contributed by atoms with Crippen molar-refractivity contribution >= 4 is 23.8 Å². The minimum atomic E-state index is 0.214. The van der Waals surface area contributed by atoms with E-state index in [0.29, 0.717) is 23.0 Å². The maximum Gasteiger partial charge on any atom is 0.124 e. The smallest absolute Gasteiger partial charge is 0.124 e. The Morgan fingerprint density at radius 3 is 1.53 bits per heavy atom. The third-order valence-electron chi connectivity index (χ3n) is 6.00. The summed E-state index contributed by atoms with van der Waals surface area (Å²) >= 11 is 0. The highest BCUT2D eigenvalue weighted by Crippen LogP contribution is 2.27. The van der Waals surface area contributed by atoms with Crippen molar-refractivity contribution in [2.75, 3.05) is 0 Å². The van der Waals surface area contributed by atoms with E-state index >= 15 is 0 Å². The molecule has 3 aromatic rings. The second kappa shape index (κ2) is 10.8. The number of phenolic OH excluding ortho intramolecular Hbond substituents is 2. The molecule has 0 saturated heterocycles. The van der Waals surface area contributed by atoms with Crippen LogP contribution in [-0.4, -0.2) is 22.6 Å². The molecular formula is C28H32N2O2. The molecule has 0 saturated carbocycles. The maximum absolute atomic E-state index is 10.2. The van der Waals surface area contributed by atoms with Crippen molar-refractivity contribution in [1.82, 2.24) is 0 Å². The van der Waals surface area contributed by atoms with Gasteiger partial charge >= 0.3 is 0 Å². The fourth-order valence-corrected chi connectivity index (χ4v) is 3.38. The van der Waals surface area contributed by atoms with Gasteiger partial charge in [-0.1, -0.05) is 45.9 Å². The molecule has 4 heteroatoms. The molecule has 166 valence electrons. The molecule has 0 amide bonds. The van der Waals surface area contributed by atoms with E-state index in [1.54, 1.807) is 24.6 Å². The van der Waals surface area contributed by atoms with Gasteiger partial charge < -0.3 is 10.2 Å². The summed E-state index contributed by atoms with van der Waals surface area (Å²) in [4.78, 5) is 9.07. The highest BCUT2D eigenvalue weighted by atomic mass is 16.3. The Bertz CT molecular complexity index is 1030. The molecule has 0 fully saturated rings. The zero-order valence-corrected chi connectivity index (χ0v) is 19.3. The molecule has 2 atom stereocenters. The summed E-state index contributed by atoms with van der Waals surface area (Å²) < 4.78 is 0. The average molecular weight is 429 g/mol. The topological polar surface area (TPSA) is 65.2 Å². The van der Waals surface area contributed by atoms with E-state index in [4.69, 9.17) is 0 Å². The van der Waals surface area contributed by atoms with Crippen molar-refractivity contribution < 1.29 is 10.2 Å². The summed E-state index contributed by atoms with van der Waals surface area (Å²) in [6, 6.07) is 18.9. The lowest BCUT2D eigenvalue weighted by Gasteiger charge is -2.10. The first-order chi connectivity index (χ1) is 15.4. The molecular weight excluding hydrogens is 396 g/mol. The fraction of sp³-hybridized carbons (Fsp3) is 0.286. The van der Waals surface area contributed by atoms with Gasteiger partial charge in [0.2, 0.25) is 0 Å². The van der Waals surface area contributed by atoms with Gasteiger partial charge in [-0.05, 0) is 78.3 Å². The van der Waals surface area contributed by atoms with Crippen molar-refractivity contribution in [3.8, 4) is 11.5 Å². The summed E-state index contributed by atoms with van der Waals surface area (Å²) in [5.74, 6) is 1.28. The van der Waals surface area contributed by atoms with E-state index < -0.39 is 0 Å². The SMILES string of the molecule is CCC(C)c1ccc(O)c(C=Nc2cccc(N=Cc3cc(C(C)CC)ccc3O)c2)c1. The Labute approximate surface area is 191 Å². The Morgan fingerprint density at radius 1 is 0.688 bits per heavy atom. The monoisotopic (exact) mass is 428 g/mol. The van der Waals surface area contributed by atoms with Crippen molar-refractivity contribution in [3.05, 3.63) is 82.9 Å². The van der Waals surface area contributed by atoms with E-state index in [0.717, 1.165) is 24.2 Å². The molecule has 2 N–H and O–H groups in total. The summed E-state index contributed by atoms with van der Waals surface area (Å²) in [5.41, 5.74) is 5.25. The molecule has 32 heavy (non-hydrogen) atoms. The summed E-state index contributed by atoms with van der Waals surface area (Å²) in [7, 11) is 0. The Morgan fingerprint density at radius 2 is 1.12 bits per heavy atom. The van der Waals surface area contributed by atoms with E-state index in [2.05, 4.69) is 37.7 Å². The number of phenols is 2. The molecule has 4 nitrogen and oxygen atoms in total. The van der Waals surface area contributed by atoms with Crippen LogP contribution < -0.4 is 0 Å². The van der Waals surface area contributed by atoms with Crippen LogP contribution in [0.4, 0.5) is 11.4 Å². The number of hydrogen-bond acceptors (Lipinski definition) is 4. The number of rotatable bonds is 8. The normalized spacial score (nSPS) is 13.6. The van der Waals surface area contributed by atoms with Gasteiger partial charge in [0.25, 0.3) is 0 Å². The lowest BCUT2D eigenvalue weighted by atomic mass is 9.97. The van der Waals surface area contributed by atoms with Crippen LogP contribution in [-0.2, 0) is 0 Å². The highest BCUT2D eigenvalue weighted by molar-refractivity contribution is 5.87. The number of aromatic hydroxyl groups is 2.